The molecular formula is C22H30N4O5S. The van der Waals surface area contributed by atoms with Crippen molar-refractivity contribution >= 4 is 28.4 Å². The number of aliphatic imine (C=N–C) groups is 1. The number of oxime groups is 1. The average Bonchev–Trinajstić information content (AvgIpc) is 3.18. The van der Waals surface area contributed by atoms with Crippen LogP contribution < -0.4 is 21.4 Å². The predicted octanol–water partition coefficient (Wildman–Crippen LogP) is 2.25. The summed E-state index contributed by atoms with van der Waals surface area (Å²) in [4.78, 5) is 34.9. The molecule has 0 aliphatic carbocycles. The van der Waals surface area contributed by atoms with Gasteiger partial charge in [-0.2, -0.15) is 0 Å². The fourth-order valence-corrected chi connectivity index (χ4v) is 4.00. The zero-order chi connectivity index (χ0) is 23.6. The normalized spacial score (nSPS) is 19.1. The van der Waals surface area contributed by atoms with Crippen LogP contribution in [-0.2, 0) is 9.63 Å². The first-order valence-corrected chi connectivity index (χ1v) is 11.4. The summed E-state index contributed by atoms with van der Waals surface area (Å²) in [7, 11) is 0. The Hall–Kier alpha value is -2.77. The van der Waals surface area contributed by atoms with Crippen LogP contribution in [0.2, 0.25) is 0 Å². The van der Waals surface area contributed by atoms with Gasteiger partial charge in [-0.15, -0.1) is 18.2 Å². The molecule has 1 unspecified atom stereocenters. The maximum atomic E-state index is 13.1. The minimum Gasteiger partial charge on any atom is -0.481 e. The second-order valence-corrected chi connectivity index (χ2v) is 8.42. The number of amides is 1. The zero-order valence-electron chi connectivity index (χ0n) is 18.7. The largest absolute Gasteiger partial charge is 0.481 e. The SMILES string of the molecule is C#CCOc1cc([C@@H](CCC)NC(=O)C2(C)CSC(/C(C)=N/OCCCN)=N2)oc(=O)c1. The van der Waals surface area contributed by atoms with Crippen molar-refractivity contribution in [3.63, 3.8) is 0 Å². The van der Waals surface area contributed by atoms with Gasteiger partial charge >= 0.3 is 5.63 Å². The number of carbonyl (C=O) groups excluding carboxylic acids is 1. The summed E-state index contributed by atoms with van der Waals surface area (Å²) in [5.74, 6) is 3.15. The molecule has 0 bridgehead atoms. The van der Waals surface area contributed by atoms with E-state index in [1.54, 1.807) is 19.9 Å². The van der Waals surface area contributed by atoms with Crippen LogP contribution in [-0.4, -0.2) is 47.7 Å². The molecule has 1 aliphatic heterocycles. The van der Waals surface area contributed by atoms with Crippen molar-refractivity contribution in [2.24, 2.45) is 15.9 Å². The molecule has 1 aromatic heterocycles. The maximum absolute atomic E-state index is 13.1. The molecule has 9 nitrogen and oxygen atoms in total. The van der Waals surface area contributed by atoms with Crippen molar-refractivity contribution in [2.45, 2.75) is 51.6 Å². The van der Waals surface area contributed by atoms with Crippen LogP contribution in [0.4, 0.5) is 0 Å². The van der Waals surface area contributed by atoms with Gasteiger partial charge < -0.3 is 25.0 Å². The molecule has 1 amide bonds. The number of nitrogens with one attached hydrogen (secondary N) is 1. The van der Waals surface area contributed by atoms with E-state index in [4.69, 9.17) is 26.1 Å². The van der Waals surface area contributed by atoms with E-state index < -0.39 is 17.2 Å². The van der Waals surface area contributed by atoms with E-state index in [9.17, 15) is 9.59 Å². The second kappa shape index (κ2) is 12.3. The third-order valence-electron chi connectivity index (χ3n) is 4.59. The minimum absolute atomic E-state index is 0.0251. The standard InChI is InChI=1S/C22H30N4O5S/c1-5-8-17(18-12-16(29-10-6-2)13-19(27)31-18)24-21(28)22(4)14-32-20(25-22)15(3)26-30-11-7-9-23/h2,12-13,17H,5,7-11,14,23H2,1,3-4H3,(H,24,28)/b26-15+/t17-,22?/m1/s1. The van der Waals surface area contributed by atoms with E-state index in [1.165, 1.54) is 17.8 Å². The fraction of sp³-hybridized carbons (Fsp3) is 0.545. The summed E-state index contributed by atoms with van der Waals surface area (Å²) in [6, 6.07) is 2.29. The Balaban J connectivity index is 2.16. The zero-order valence-corrected chi connectivity index (χ0v) is 19.5. The van der Waals surface area contributed by atoms with Gasteiger partial charge in [-0.3, -0.25) is 9.79 Å². The van der Waals surface area contributed by atoms with Crippen molar-refractivity contribution in [2.75, 3.05) is 25.5 Å². The lowest BCUT2D eigenvalue weighted by molar-refractivity contribution is -0.125. The summed E-state index contributed by atoms with van der Waals surface area (Å²) in [5.41, 5.74) is 4.48. The molecule has 0 saturated heterocycles. The number of nitrogens with two attached hydrogens (primary N) is 1. The van der Waals surface area contributed by atoms with Crippen LogP contribution in [0.15, 0.2) is 31.5 Å². The molecule has 0 saturated carbocycles. The third-order valence-corrected chi connectivity index (χ3v) is 5.96. The molecular weight excluding hydrogens is 432 g/mol. The van der Waals surface area contributed by atoms with Gasteiger partial charge in [-0.1, -0.05) is 24.4 Å². The number of terminal acetylenes is 1. The highest BCUT2D eigenvalue weighted by molar-refractivity contribution is 8.16. The van der Waals surface area contributed by atoms with Gasteiger partial charge in [0.2, 0.25) is 5.91 Å². The Kier molecular flexibility index (Phi) is 9.81. The highest BCUT2D eigenvalue weighted by Crippen LogP contribution is 2.30. The van der Waals surface area contributed by atoms with Gasteiger partial charge in [0, 0.05) is 11.8 Å². The molecule has 2 rings (SSSR count). The smallest absolute Gasteiger partial charge is 0.339 e. The summed E-state index contributed by atoms with van der Waals surface area (Å²) in [5, 5.41) is 7.68. The van der Waals surface area contributed by atoms with Crippen LogP contribution in [0.5, 0.6) is 5.75 Å². The molecule has 0 fully saturated rings. The lowest BCUT2D eigenvalue weighted by atomic mass is 10.0. The van der Waals surface area contributed by atoms with Crippen LogP contribution >= 0.6 is 11.8 Å². The number of carbonyl (C=O) groups is 1. The third kappa shape index (κ3) is 7.14. The second-order valence-electron chi connectivity index (χ2n) is 7.45. The molecule has 32 heavy (non-hydrogen) atoms. The average molecular weight is 463 g/mol. The van der Waals surface area contributed by atoms with Crippen LogP contribution in [0.1, 0.15) is 51.8 Å². The van der Waals surface area contributed by atoms with Crippen molar-refractivity contribution in [3.05, 3.63) is 28.3 Å². The molecule has 10 heteroatoms. The summed E-state index contributed by atoms with van der Waals surface area (Å²) < 4.78 is 10.7. The molecule has 3 N–H and O–H groups in total. The van der Waals surface area contributed by atoms with Gasteiger partial charge in [-0.05, 0) is 33.2 Å². The first kappa shape index (κ1) is 25.5. The van der Waals surface area contributed by atoms with E-state index in [0.29, 0.717) is 54.0 Å². The van der Waals surface area contributed by atoms with Gasteiger partial charge in [0.1, 0.15) is 41.0 Å². The first-order valence-electron chi connectivity index (χ1n) is 10.4. The molecule has 0 spiro atoms. The Morgan fingerprint density at radius 3 is 3.00 bits per heavy atom. The highest BCUT2D eigenvalue weighted by Gasteiger charge is 2.40. The molecule has 0 radical (unpaired) electrons. The summed E-state index contributed by atoms with van der Waals surface area (Å²) >= 11 is 1.44. The monoisotopic (exact) mass is 462 g/mol. The van der Waals surface area contributed by atoms with Crippen LogP contribution in [0, 0.1) is 12.3 Å². The lowest BCUT2D eigenvalue weighted by Crippen LogP contribution is -2.45. The van der Waals surface area contributed by atoms with Gasteiger partial charge in [0.25, 0.3) is 0 Å². The minimum atomic E-state index is -0.988. The molecule has 174 valence electrons. The number of thioether (sulfide) groups is 1. The van der Waals surface area contributed by atoms with Gasteiger partial charge in [0.05, 0.1) is 12.1 Å². The van der Waals surface area contributed by atoms with Crippen LogP contribution in [0.3, 0.4) is 0 Å². The lowest BCUT2D eigenvalue weighted by Gasteiger charge is -2.24. The topological polar surface area (TPSA) is 129 Å². The number of hydrogen-bond donors (Lipinski definition) is 2. The molecule has 1 aromatic rings. The van der Waals surface area contributed by atoms with Crippen molar-refractivity contribution in [3.8, 4) is 18.1 Å². The van der Waals surface area contributed by atoms with Gasteiger partial charge in [0.15, 0.2) is 0 Å². The Morgan fingerprint density at radius 2 is 2.31 bits per heavy atom. The van der Waals surface area contributed by atoms with E-state index >= 15 is 0 Å². The van der Waals surface area contributed by atoms with E-state index in [1.807, 2.05) is 6.92 Å². The summed E-state index contributed by atoms with van der Waals surface area (Å²) in [6.45, 7) is 6.50. The van der Waals surface area contributed by atoms with Crippen molar-refractivity contribution < 1.29 is 18.8 Å². The van der Waals surface area contributed by atoms with Gasteiger partial charge in [-0.25, -0.2) is 4.79 Å². The number of hydrogen-bond acceptors (Lipinski definition) is 9. The summed E-state index contributed by atoms with van der Waals surface area (Å²) in [6.07, 6.45) is 7.25. The Labute approximate surface area is 192 Å². The molecule has 0 aromatic carbocycles. The number of ether oxygens (including phenoxy) is 1. The Morgan fingerprint density at radius 1 is 1.53 bits per heavy atom. The van der Waals surface area contributed by atoms with Crippen LogP contribution in [0.25, 0.3) is 0 Å². The number of rotatable bonds is 12. The predicted molar refractivity (Wildman–Crippen MR) is 126 cm³/mol. The quantitative estimate of drug-likeness (QED) is 0.211. The fourth-order valence-electron chi connectivity index (χ4n) is 2.87. The molecule has 2 heterocycles. The molecule has 1 aliphatic rings. The molecule has 2 atom stereocenters. The highest BCUT2D eigenvalue weighted by atomic mass is 32.2. The Bertz CT molecular complexity index is 952. The number of nitrogens with zero attached hydrogens (tertiary/aromatic N) is 2. The van der Waals surface area contributed by atoms with E-state index in [2.05, 4.69) is 21.4 Å². The van der Waals surface area contributed by atoms with E-state index in [0.717, 1.165) is 6.42 Å². The maximum Gasteiger partial charge on any atom is 0.339 e. The van der Waals surface area contributed by atoms with Crippen molar-refractivity contribution in [1.29, 1.82) is 0 Å². The first-order chi connectivity index (χ1) is 15.3. The van der Waals surface area contributed by atoms with Crippen molar-refractivity contribution in [1.82, 2.24) is 5.32 Å². The van der Waals surface area contributed by atoms with E-state index in [-0.39, 0.29) is 12.5 Å².